The van der Waals surface area contributed by atoms with E-state index in [1.165, 1.54) is 16.8 Å². The van der Waals surface area contributed by atoms with Gasteiger partial charge in [-0.05, 0) is 36.1 Å². The summed E-state index contributed by atoms with van der Waals surface area (Å²) in [4.78, 5) is 2.37. The summed E-state index contributed by atoms with van der Waals surface area (Å²) < 4.78 is 0. The standard InChI is InChI=1S/C18H22ClN/c1-15-7-6-10-18(13-15)20(12-11-19)14-16(2)17-8-4-3-5-9-17/h3-10,13,16H,11-12,14H2,1-2H3. The summed E-state index contributed by atoms with van der Waals surface area (Å²) in [5.74, 6) is 1.13. The van der Waals surface area contributed by atoms with Crippen LogP contribution in [0.1, 0.15) is 24.0 Å². The topological polar surface area (TPSA) is 3.24 Å². The molecule has 1 unspecified atom stereocenters. The van der Waals surface area contributed by atoms with Crippen molar-refractivity contribution >= 4 is 17.3 Å². The van der Waals surface area contributed by atoms with E-state index in [-0.39, 0.29) is 0 Å². The second-order valence-corrected chi connectivity index (χ2v) is 5.66. The molecule has 0 radical (unpaired) electrons. The van der Waals surface area contributed by atoms with E-state index in [0.29, 0.717) is 11.8 Å². The lowest BCUT2D eigenvalue weighted by Crippen LogP contribution is -2.29. The van der Waals surface area contributed by atoms with Crippen LogP contribution in [0, 0.1) is 6.92 Å². The fourth-order valence-electron chi connectivity index (χ4n) is 2.47. The Balaban J connectivity index is 2.13. The molecular weight excluding hydrogens is 266 g/mol. The number of alkyl halides is 1. The molecule has 2 aromatic carbocycles. The SMILES string of the molecule is Cc1cccc(N(CCCl)CC(C)c2ccccc2)c1. The van der Waals surface area contributed by atoms with Gasteiger partial charge in [0, 0.05) is 24.7 Å². The molecule has 106 valence electrons. The largest absolute Gasteiger partial charge is 0.370 e. The van der Waals surface area contributed by atoms with Gasteiger partial charge in [0.2, 0.25) is 0 Å². The van der Waals surface area contributed by atoms with Gasteiger partial charge in [0.25, 0.3) is 0 Å². The Morgan fingerprint density at radius 2 is 1.80 bits per heavy atom. The average molecular weight is 288 g/mol. The van der Waals surface area contributed by atoms with Gasteiger partial charge in [0.05, 0.1) is 0 Å². The van der Waals surface area contributed by atoms with Crippen LogP contribution in [0.3, 0.4) is 0 Å². The second-order valence-electron chi connectivity index (χ2n) is 5.29. The van der Waals surface area contributed by atoms with Gasteiger partial charge in [-0.1, -0.05) is 49.4 Å². The molecule has 0 fully saturated rings. The highest BCUT2D eigenvalue weighted by molar-refractivity contribution is 6.18. The fraction of sp³-hybridized carbons (Fsp3) is 0.333. The van der Waals surface area contributed by atoms with E-state index < -0.39 is 0 Å². The Bertz CT molecular complexity index is 524. The zero-order valence-corrected chi connectivity index (χ0v) is 13.0. The first-order valence-electron chi connectivity index (χ1n) is 7.13. The van der Waals surface area contributed by atoms with Crippen LogP contribution in [0.5, 0.6) is 0 Å². The third-order valence-corrected chi connectivity index (χ3v) is 3.75. The van der Waals surface area contributed by atoms with E-state index in [9.17, 15) is 0 Å². The van der Waals surface area contributed by atoms with Gasteiger partial charge in [-0.3, -0.25) is 0 Å². The molecule has 0 aliphatic heterocycles. The summed E-state index contributed by atoms with van der Waals surface area (Å²) in [7, 11) is 0. The van der Waals surface area contributed by atoms with Gasteiger partial charge in [-0.15, -0.1) is 11.6 Å². The zero-order valence-electron chi connectivity index (χ0n) is 12.2. The molecule has 0 bridgehead atoms. The third kappa shape index (κ3) is 4.01. The predicted molar refractivity (Wildman–Crippen MR) is 89.0 cm³/mol. The van der Waals surface area contributed by atoms with Gasteiger partial charge in [-0.2, -0.15) is 0 Å². The molecule has 1 atom stereocenters. The number of rotatable bonds is 6. The first kappa shape index (κ1) is 14.9. The Morgan fingerprint density at radius 1 is 1.05 bits per heavy atom. The summed E-state index contributed by atoms with van der Waals surface area (Å²) in [6.45, 7) is 6.26. The summed E-state index contributed by atoms with van der Waals surface area (Å²) >= 11 is 5.97. The first-order chi connectivity index (χ1) is 9.70. The maximum Gasteiger partial charge on any atom is 0.0399 e. The lowest BCUT2D eigenvalue weighted by molar-refractivity contribution is 0.703. The summed E-state index contributed by atoms with van der Waals surface area (Å²) in [6, 6.07) is 19.3. The Labute approximate surface area is 127 Å². The van der Waals surface area contributed by atoms with Crippen molar-refractivity contribution in [3.05, 3.63) is 65.7 Å². The Kier molecular flexibility index (Phi) is 5.49. The molecule has 2 heteroatoms. The molecule has 0 amide bonds. The monoisotopic (exact) mass is 287 g/mol. The van der Waals surface area contributed by atoms with E-state index in [1.54, 1.807) is 0 Å². The van der Waals surface area contributed by atoms with Crippen molar-refractivity contribution in [2.45, 2.75) is 19.8 Å². The molecule has 2 aromatic rings. The molecular formula is C18H22ClN. The van der Waals surface area contributed by atoms with Crippen LogP contribution in [-0.4, -0.2) is 19.0 Å². The summed E-state index contributed by atoms with van der Waals surface area (Å²) in [5, 5.41) is 0. The normalized spacial score (nSPS) is 12.2. The number of anilines is 1. The molecule has 0 saturated heterocycles. The average Bonchev–Trinajstić information content (AvgIpc) is 2.47. The van der Waals surface area contributed by atoms with E-state index >= 15 is 0 Å². The van der Waals surface area contributed by atoms with Crippen LogP contribution in [0.15, 0.2) is 54.6 Å². The molecule has 20 heavy (non-hydrogen) atoms. The number of aryl methyl sites for hydroxylation is 1. The van der Waals surface area contributed by atoms with Crippen LogP contribution in [-0.2, 0) is 0 Å². The van der Waals surface area contributed by atoms with E-state index in [1.807, 2.05) is 0 Å². The van der Waals surface area contributed by atoms with Crippen molar-refractivity contribution in [2.75, 3.05) is 23.9 Å². The molecule has 0 saturated carbocycles. The van der Waals surface area contributed by atoms with Crippen molar-refractivity contribution in [3.63, 3.8) is 0 Å². The van der Waals surface area contributed by atoms with Crippen molar-refractivity contribution in [3.8, 4) is 0 Å². The van der Waals surface area contributed by atoms with Crippen molar-refractivity contribution in [2.24, 2.45) is 0 Å². The molecule has 0 N–H and O–H groups in total. The van der Waals surface area contributed by atoms with Crippen LogP contribution < -0.4 is 4.90 Å². The summed E-state index contributed by atoms with van der Waals surface area (Å²) in [6.07, 6.45) is 0. The summed E-state index contributed by atoms with van der Waals surface area (Å²) in [5.41, 5.74) is 3.92. The minimum Gasteiger partial charge on any atom is -0.370 e. The minimum absolute atomic E-state index is 0.486. The molecule has 1 nitrogen and oxygen atoms in total. The minimum atomic E-state index is 0.486. The lowest BCUT2D eigenvalue weighted by Gasteiger charge is -2.28. The Morgan fingerprint density at radius 3 is 2.45 bits per heavy atom. The Hall–Kier alpha value is -1.47. The highest BCUT2D eigenvalue weighted by Crippen LogP contribution is 2.22. The zero-order chi connectivity index (χ0) is 14.4. The van der Waals surface area contributed by atoms with Crippen molar-refractivity contribution in [1.82, 2.24) is 0 Å². The number of hydrogen-bond donors (Lipinski definition) is 0. The van der Waals surface area contributed by atoms with Crippen LogP contribution >= 0.6 is 11.6 Å². The first-order valence-corrected chi connectivity index (χ1v) is 7.66. The molecule has 2 rings (SSSR count). The van der Waals surface area contributed by atoms with Crippen molar-refractivity contribution < 1.29 is 0 Å². The van der Waals surface area contributed by atoms with Gasteiger partial charge in [0.1, 0.15) is 0 Å². The van der Waals surface area contributed by atoms with Crippen molar-refractivity contribution in [1.29, 1.82) is 0 Å². The number of nitrogens with zero attached hydrogens (tertiary/aromatic N) is 1. The maximum absolute atomic E-state index is 5.97. The fourth-order valence-corrected chi connectivity index (χ4v) is 2.67. The second kappa shape index (κ2) is 7.35. The van der Waals surface area contributed by atoms with Gasteiger partial charge in [-0.25, -0.2) is 0 Å². The van der Waals surface area contributed by atoms with Gasteiger partial charge in [0.15, 0.2) is 0 Å². The molecule has 0 aromatic heterocycles. The van der Waals surface area contributed by atoms with Gasteiger partial charge >= 0.3 is 0 Å². The highest BCUT2D eigenvalue weighted by Gasteiger charge is 2.12. The third-order valence-electron chi connectivity index (χ3n) is 3.58. The van der Waals surface area contributed by atoms with Gasteiger partial charge < -0.3 is 4.90 Å². The number of benzene rings is 2. The molecule has 0 aliphatic rings. The molecule has 0 heterocycles. The maximum atomic E-state index is 5.97. The smallest absolute Gasteiger partial charge is 0.0399 e. The predicted octanol–water partition coefficient (Wildman–Crippen LogP) is 4.84. The van der Waals surface area contributed by atoms with Crippen LogP contribution in [0.2, 0.25) is 0 Å². The van der Waals surface area contributed by atoms with E-state index in [4.69, 9.17) is 11.6 Å². The lowest BCUT2D eigenvalue weighted by atomic mass is 10.0. The van der Waals surface area contributed by atoms with Crippen LogP contribution in [0.25, 0.3) is 0 Å². The number of hydrogen-bond acceptors (Lipinski definition) is 1. The highest BCUT2D eigenvalue weighted by atomic mass is 35.5. The van der Waals surface area contributed by atoms with Crippen LogP contribution in [0.4, 0.5) is 5.69 Å². The molecule has 0 spiro atoms. The molecule has 0 aliphatic carbocycles. The number of halogens is 1. The quantitative estimate of drug-likeness (QED) is 0.687. The van der Waals surface area contributed by atoms with E-state index in [0.717, 1.165) is 13.1 Å². The van der Waals surface area contributed by atoms with E-state index in [2.05, 4.69) is 73.3 Å².